The Morgan fingerprint density at radius 2 is 1.56 bits per heavy atom. The van der Waals surface area contributed by atoms with Gasteiger partial charge in [-0.3, -0.25) is 19.8 Å². The zero-order valence-electron chi connectivity index (χ0n) is 12.8. The normalized spacial score (nSPS) is 16.3. The SMILES string of the molecule is O=C1NC(=O)N(Cc2ccccc2)C(=O)/C1=C\c1c(Cl)cccc1Cl. The molecule has 4 amide bonds. The molecule has 1 saturated heterocycles. The summed E-state index contributed by atoms with van der Waals surface area (Å²) in [6.07, 6.45) is 1.30. The molecule has 1 aliphatic heterocycles. The molecule has 0 aromatic heterocycles. The lowest BCUT2D eigenvalue weighted by atomic mass is 10.1. The van der Waals surface area contributed by atoms with Gasteiger partial charge >= 0.3 is 6.03 Å². The van der Waals surface area contributed by atoms with Gasteiger partial charge in [-0.25, -0.2) is 4.79 Å². The van der Waals surface area contributed by atoms with Crippen LogP contribution in [-0.2, 0) is 16.1 Å². The third-order valence-corrected chi connectivity index (χ3v) is 4.32. The van der Waals surface area contributed by atoms with Gasteiger partial charge in [-0.2, -0.15) is 0 Å². The molecule has 0 spiro atoms. The van der Waals surface area contributed by atoms with E-state index in [9.17, 15) is 14.4 Å². The van der Waals surface area contributed by atoms with Gasteiger partial charge in [0.2, 0.25) is 0 Å². The number of rotatable bonds is 3. The van der Waals surface area contributed by atoms with Crippen molar-refractivity contribution in [2.45, 2.75) is 6.54 Å². The summed E-state index contributed by atoms with van der Waals surface area (Å²) in [5.74, 6) is -1.48. The molecule has 1 aliphatic rings. The molecule has 126 valence electrons. The van der Waals surface area contributed by atoms with Crippen LogP contribution in [-0.4, -0.2) is 22.7 Å². The molecule has 0 atom stereocenters. The van der Waals surface area contributed by atoms with Gasteiger partial charge in [0.1, 0.15) is 5.57 Å². The minimum atomic E-state index is -0.782. The number of urea groups is 1. The van der Waals surface area contributed by atoms with Crippen molar-refractivity contribution in [3.63, 3.8) is 0 Å². The molecule has 0 bridgehead atoms. The van der Waals surface area contributed by atoms with Gasteiger partial charge in [0.25, 0.3) is 11.8 Å². The van der Waals surface area contributed by atoms with Crippen LogP contribution < -0.4 is 5.32 Å². The summed E-state index contributed by atoms with van der Waals surface area (Å²) >= 11 is 12.2. The van der Waals surface area contributed by atoms with Crippen LogP contribution in [0.15, 0.2) is 54.1 Å². The van der Waals surface area contributed by atoms with Gasteiger partial charge in [0.15, 0.2) is 0 Å². The fourth-order valence-electron chi connectivity index (χ4n) is 2.40. The summed E-state index contributed by atoms with van der Waals surface area (Å²) in [6.45, 7) is 0.0480. The highest BCUT2D eigenvalue weighted by molar-refractivity contribution is 6.38. The monoisotopic (exact) mass is 374 g/mol. The van der Waals surface area contributed by atoms with E-state index in [2.05, 4.69) is 5.32 Å². The predicted octanol–water partition coefficient (Wildman–Crippen LogP) is 3.66. The second-order valence-electron chi connectivity index (χ2n) is 5.33. The van der Waals surface area contributed by atoms with Crippen molar-refractivity contribution in [2.75, 3.05) is 0 Å². The molecule has 0 aliphatic carbocycles. The highest BCUT2D eigenvalue weighted by Gasteiger charge is 2.35. The Morgan fingerprint density at radius 1 is 0.920 bits per heavy atom. The number of barbiturate groups is 1. The molecule has 7 heteroatoms. The maximum Gasteiger partial charge on any atom is 0.331 e. The number of nitrogens with one attached hydrogen (secondary N) is 1. The Hall–Kier alpha value is -2.63. The summed E-state index contributed by atoms with van der Waals surface area (Å²) in [7, 11) is 0. The maximum atomic E-state index is 12.7. The number of hydrogen-bond donors (Lipinski definition) is 1. The average molecular weight is 375 g/mol. The van der Waals surface area contributed by atoms with Crippen LogP contribution in [0.4, 0.5) is 4.79 Å². The summed E-state index contributed by atoms with van der Waals surface area (Å²) in [6, 6.07) is 13.1. The molecular formula is C18H12Cl2N2O3. The predicted molar refractivity (Wildman–Crippen MR) is 95.0 cm³/mol. The van der Waals surface area contributed by atoms with Gasteiger partial charge in [-0.15, -0.1) is 0 Å². The van der Waals surface area contributed by atoms with Crippen LogP contribution in [0, 0.1) is 0 Å². The highest BCUT2D eigenvalue weighted by atomic mass is 35.5. The molecular weight excluding hydrogens is 363 g/mol. The lowest BCUT2D eigenvalue weighted by molar-refractivity contribution is -0.130. The fourth-order valence-corrected chi connectivity index (χ4v) is 2.90. The molecule has 1 fully saturated rings. The smallest absolute Gasteiger partial charge is 0.273 e. The lowest BCUT2D eigenvalue weighted by Crippen LogP contribution is -2.53. The molecule has 5 nitrogen and oxygen atoms in total. The Morgan fingerprint density at radius 3 is 2.20 bits per heavy atom. The van der Waals surface area contributed by atoms with Crippen LogP contribution in [0.2, 0.25) is 10.0 Å². The molecule has 1 heterocycles. The second kappa shape index (κ2) is 7.09. The van der Waals surface area contributed by atoms with Crippen LogP contribution in [0.25, 0.3) is 6.08 Å². The number of carbonyl (C=O) groups excluding carboxylic acids is 3. The molecule has 0 unspecified atom stereocenters. The topological polar surface area (TPSA) is 66.5 Å². The maximum absolute atomic E-state index is 12.7. The third kappa shape index (κ3) is 3.57. The standard InChI is InChI=1S/C18H12Cl2N2O3/c19-14-7-4-8-15(20)12(14)9-13-16(23)21-18(25)22(17(13)24)10-11-5-2-1-3-6-11/h1-9H,10H2,(H,21,23,25)/b13-9-. The van der Waals surface area contributed by atoms with E-state index in [-0.39, 0.29) is 12.1 Å². The number of halogens is 2. The van der Waals surface area contributed by atoms with Gasteiger partial charge < -0.3 is 0 Å². The van der Waals surface area contributed by atoms with Crippen LogP contribution in [0.5, 0.6) is 0 Å². The van der Waals surface area contributed by atoms with E-state index in [1.165, 1.54) is 6.08 Å². The molecule has 2 aromatic carbocycles. The molecule has 0 radical (unpaired) electrons. The second-order valence-corrected chi connectivity index (χ2v) is 6.14. The first-order valence-corrected chi connectivity index (χ1v) is 8.10. The van der Waals surface area contributed by atoms with E-state index in [1.807, 2.05) is 6.07 Å². The fraction of sp³-hybridized carbons (Fsp3) is 0.0556. The Labute approximate surface area is 153 Å². The Kier molecular flexibility index (Phi) is 4.88. The largest absolute Gasteiger partial charge is 0.331 e. The van der Waals surface area contributed by atoms with Crippen molar-refractivity contribution >= 4 is 47.1 Å². The minimum absolute atomic E-state index is 0.0480. The summed E-state index contributed by atoms with van der Waals surface area (Å²) < 4.78 is 0. The first-order valence-electron chi connectivity index (χ1n) is 7.34. The van der Waals surface area contributed by atoms with Crippen molar-refractivity contribution in [3.8, 4) is 0 Å². The number of benzene rings is 2. The zero-order valence-corrected chi connectivity index (χ0v) is 14.3. The Balaban J connectivity index is 1.97. The van der Waals surface area contributed by atoms with Crippen LogP contribution >= 0.6 is 23.2 Å². The number of amides is 4. The first kappa shape index (κ1) is 17.2. The van der Waals surface area contributed by atoms with Crippen molar-refractivity contribution in [3.05, 3.63) is 75.3 Å². The van der Waals surface area contributed by atoms with Crippen LogP contribution in [0.1, 0.15) is 11.1 Å². The van der Waals surface area contributed by atoms with E-state index in [0.717, 1.165) is 10.5 Å². The number of nitrogens with zero attached hydrogens (tertiary/aromatic N) is 1. The quantitative estimate of drug-likeness (QED) is 0.658. The zero-order chi connectivity index (χ0) is 18.0. The minimum Gasteiger partial charge on any atom is -0.273 e. The van der Waals surface area contributed by atoms with Crippen molar-refractivity contribution < 1.29 is 14.4 Å². The summed E-state index contributed by atoms with van der Waals surface area (Å²) in [4.78, 5) is 37.8. The van der Waals surface area contributed by atoms with Crippen molar-refractivity contribution in [1.29, 1.82) is 0 Å². The highest BCUT2D eigenvalue weighted by Crippen LogP contribution is 2.28. The lowest BCUT2D eigenvalue weighted by Gasteiger charge is -2.26. The Bertz CT molecular complexity index is 874. The molecule has 1 N–H and O–H groups in total. The molecule has 2 aromatic rings. The average Bonchev–Trinajstić information content (AvgIpc) is 2.58. The van der Waals surface area contributed by atoms with E-state index < -0.39 is 17.8 Å². The number of carbonyl (C=O) groups is 3. The van der Waals surface area contributed by atoms with Crippen molar-refractivity contribution in [2.24, 2.45) is 0 Å². The van der Waals surface area contributed by atoms with E-state index in [0.29, 0.717) is 15.6 Å². The van der Waals surface area contributed by atoms with Crippen LogP contribution in [0.3, 0.4) is 0 Å². The van der Waals surface area contributed by atoms with E-state index in [4.69, 9.17) is 23.2 Å². The first-order chi connectivity index (χ1) is 12.0. The van der Waals surface area contributed by atoms with Gasteiger partial charge in [-0.1, -0.05) is 59.6 Å². The molecule has 25 heavy (non-hydrogen) atoms. The van der Waals surface area contributed by atoms with Crippen molar-refractivity contribution in [1.82, 2.24) is 10.2 Å². The summed E-state index contributed by atoms with van der Waals surface area (Å²) in [5.41, 5.74) is 0.902. The molecule has 0 saturated carbocycles. The molecule has 3 rings (SSSR count). The van der Waals surface area contributed by atoms with Gasteiger partial charge in [-0.05, 0) is 23.8 Å². The summed E-state index contributed by atoms with van der Waals surface area (Å²) in [5, 5.41) is 2.76. The van der Waals surface area contributed by atoms with Gasteiger partial charge in [0, 0.05) is 15.6 Å². The van der Waals surface area contributed by atoms with E-state index >= 15 is 0 Å². The third-order valence-electron chi connectivity index (χ3n) is 3.66. The number of imide groups is 2. The van der Waals surface area contributed by atoms with E-state index in [1.54, 1.807) is 42.5 Å². The van der Waals surface area contributed by atoms with Gasteiger partial charge in [0.05, 0.1) is 6.54 Å². The number of hydrogen-bond acceptors (Lipinski definition) is 3.